The molecule has 0 aromatic carbocycles. The standard InChI is InChI=1S/C7H15IO2/c1-6-8(2)7(3-4-9)5-10-6/h6-7,9H,3-5H2,1-2H3/t6-,7?/m0/s1. The third-order valence-corrected chi connectivity index (χ3v) is 8.81. The van der Waals surface area contributed by atoms with Crippen LogP contribution in [0.3, 0.4) is 0 Å². The van der Waals surface area contributed by atoms with Gasteiger partial charge in [0.05, 0.1) is 0 Å². The van der Waals surface area contributed by atoms with Crippen molar-refractivity contribution in [2.24, 2.45) is 0 Å². The molecule has 1 aliphatic heterocycles. The van der Waals surface area contributed by atoms with E-state index in [0.717, 1.165) is 17.0 Å². The molecule has 1 unspecified atom stereocenters. The van der Waals surface area contributed by atoms with E-state index < -0.39 is 19.8 Å². The van der Waals surface area contributed by atoms with Gasteiger partial charge in [-0.25, -0.2) is 0 Å². The van der Waals surface area contributed by atoms with E-state index in [2.05, 4.69) is 11.9 Å². The Kier molecular flexibility index (Phi) is 3.39. The summed E-state index contributed by atoms with van der Waals surface area (Å²) < 4.78 is 6.77. The number of ether oxygens (including phenoxy) is 1. The van der Waals surface area contributed by atoms with Crippen LogP contribution in [-0.4, -0.2) is 31.3 Å². The Hall–Kier alpha value is 0.650. The molecular formula is C7H15IO2. The Labute approximate surface area is 69.3 Å². The van der Waals surface area contributed by atoms with E-state index in [1.165, 1.54) is 0 Å². The van der Waals surface area contributed by atoms with E-state index in [-0.39, 0.29) is 0 Å². The Bertz CT molecular complexity index is 106. The van der Waals surface area contributed by atoms with Gasteiger partial charge in [0.1, 0.15) is 0 Å². The maximum atomic E-state index is 8.70. The topological polar surface area (TPSA) is 29.5 Å². The normalized spacial score (nSPS) is 36.9. The summed E-state index contributed by atoms with van der Waals surface area (Å²) in [7, 11) is 0. The van der Waals surface area contributed by atoms with Crippen LogP contribution in [0.25, 0.3) is 0 Å². The number of aliphatic hydroxyl groups is 1. The van der Waals surface area contributed by atoms with Crippen molar-refractivity contribution < 1.29 is 9.84 Å². The first-order valence-corrected chi connectivity index (χ1v) is 8.20. The molecule has 1 aliphatic rings. The van der Waals surface area contributed by atoms with E-state index in [1.807, 2.05) is 0 Å². The van der Waals surface area contributed by atoms with Crippen molar-refractivity contribution in [1.82, 2.24) is 0 Å². The molecular weight excluding hydrogens is 243 g/mol. The first kappa shape index (κ1) is 8.74. The molecule has 0 saturated carbocycles. The molecule has 0 aromatic heterocycles. The van der Waals surface area contributed by atoms with Crippen LogP contribution in [0.2, 0.25) is 0 Å². The quantitative estimate of drug-likeness (QED) is 0.596. The molecule has 2 nitrogen and oxygen atoms in total. The van der Waals surface area contributed by atoms with Crippen LogP contribution < -0.4 is 0 Å². The molecule has 62 valence electrons. The van der Waals surface area contributed by atoms with Crippen LogP contribution in [0.5, 0.6) is 0 Å². The van der Waals surface area contributed by atoms with E-state index in [0.29, 0.717) is 10.7 Å². The number of aliphatic hydroxyl groups excluding tert-OH is 1. The predicted octanol–water partition coefficient (Wildman–Crippen LogP) is 1.25. The molecule has 2 atom stereocenters. The molecule has 1 fully saturated rings. The molecule has 3 heteroatoms. The Morgan fingerprint density at radius 2 is 2.40 bits per heavy atom. The van der Waals surface area contributed by atoms with Gasteiger partial charge in [0.25, 0.3) is 0 Å². The van der Waals surface area contributed by atoms with Crippen molar-refractivity contribution in [3.63, 3.8) is 0 Å². The molecule has 0 aliphatic carbocycles. The van der Waals surface area contributed by atoms with Gasteiger partial charge in [-0.15, -0.1) is 0 Å². The third kappa shape index (κ3) is 1.83. The van der Waals surface area contributed by atoms with Crippen LogP contribution >= 0.6 is 19.8 Å². The average molecular weight is 258 g/mol. The van der Waals surface area contributed by atoms with Crippen molar-refractivity contribution in [2.75, 3.05) is 18.1 Å². The van der Waals surface area contributed by atoms with Gasteiger partial charge in [-0.1, -0.05) is 0 Å². The molecule has 0 spiro atoms. The molecule has 10 heavy (non-hydrogen) atoms. The van der Waals surface area contributed by atoms with E-state index >= 15 is 0 Å². The summed E-state index contributed by atoms with van der Waals surface area (Å²) in [4.78, 5) is 2.35. The van der Waals surface area contributed by atoms with E-state index in [1.54, 1.807) is 0 Å². The summed E-state index contributed by atoms with van der Waals surface area (Å²) in [5, 5.41) is 8.70. The third-order valence-electron chi connectivity index (χ3n) is 1.92. The van der Waals surface area contributed by atoms with Crippen molar-refractivity contribution in [1.29, 1.82) is 0 Å². The molecule has 1 N–H and O–H groups in total. The van der Waals surface area contributed by atoms with Crippen LogP contribution in [0.15, 0.2) is 0 Å². The molecule has 1 heterocycles. The van der Waals surface area contributed by atoms with Gasteiger partial charge >= 0.3 is 69.2 Å². The Morgan fingerprint density at radius 3 is 2.80 bits per heavy atom. The molecule has 1 saturated heterocycles. The zero-order valence-corrected chi connectivity index (χ0v) is 8.67. The summed E-state index contributed by atoms with van der Waals surface area (Å²) in [6, 6.07) is 0. The van der Waals surface area contributed by atoms with E-state index in [4.69, 9.17) is 9.84 Å². The zero-order chi connectivity index (χ0) is 7.56. The summed E-state index contributed by atoms with van der Waals surface area (Å²) in [6.45, 7) is 3.41. The minimum atomic E-state index is -0.822. The van der Waals surface area contributed by atoms with Gasteiger partial charge in [-0.3, -0.25) is 0 Å². The average Bonchev–Trinajstić information content (AvgIpc) is 2.20. The van der Waals surface area contributed by atoms with Crippen molar-refractivity contribution >= 4 is 19.8 Å². The number of alkyl halides is 3. The van der Waals surface area contributed by atoms with Gasteiger partial charge < -0.3 is 0 Å². The van der Waals surface area contributed by atoms with Gasteiger partial charge in [-0.2, -0.15) is 0 Å². The molecule has 0 aromatic rings. The van der Waals surface area contributed by atoms with Crippen molar-refractivity contribution in [2.45, 2.75) is 21.4 Å². The molecule has 0 radical (unpaired) electrons. The predicted molar refractivity (Wildman–Crippen MR) is 50.8 cm³/mol. The Balaban J connectivity index is 2.33. The first-order valence-electron chi connectivity index (χ1n) is 3.55. The van der Waals surface area contributed by atoms with E-state index in [9.17, 15) is 0 Å². The summed E-state index contributed by atoms with van der Waals surface area (Å²) in [6.07, 6.45) is 0.964. The fourth-order valence-corrected chi connectivity index (χ4v) is 5.32. The van der Waals surface area contributed by atoms with Crippen molar-refractivity contribution in [3.8, 4) is 0 Å². The first-order chi connectivity index (χ1) is 4.75. The SMILES string of the molecule is C[C@@H]1OCC(CCO)I1C. The number of hydrogen-bond donors (Lipinski definition) is 1. The second kappa shape index (κ2) is 3.88. The second-order valence-corrected chi connectivity index (χ2v) is 9.27. The minimum absolute atomic E-state index is 0.336. The monoisotopic (exact) mass is 258 g/mol. The van der Waals surface area contributed by atoms with Crippen LogP contribution in [-0.2, 0) is 4.74 Å². The molecule has 0 bridgehead atoms. The second-order valence-electron chi connectivity index (χ2n) is 2.55. The Morgan fingerprint density at radius 1 is 1.70 bits per heavy atom. The van der Waals surface area contributed by atoms with Gasteiger partial charge in [-0.05, 0) is 0 Å². The van der Waals surface area contributed by atoms with Gasteiger partial charge in [0.15, 0.2) is 0 Å². The number of hydrogen-bond acceptors (Lipinski definition) is 2. The summed E-state index contributed by atoms with van der Waals surface area (Å²) in [5.41, 5.74) is 0. The van der Waals surface area contributed by atoms with Crippen LogP contribution in [0.1, 0.15) is 13.3 Å². The molecule has 1 rings (SSSR count). The molecule has 0 amide bonds. The van der Waals surface area contributed by atoms with Crippen LogP contribution in [0.4, 0.5) is 0 Å². The summed E-state index contributed by atoms with van der Waals surface area (Å²) >= 11 is -0.822. The number of halogens is 1. The van der Waals surface area contributed by atoms with Crippen LogP contribution in [0, 0.1) is 0 Å². The zero-order valence-electron chi connectivity index (χ0n) is 6.51. The fourth-order valence-electron chi connectivity index (χ4n) is 1.08. The van der Waals surface area contributed by atoms with Gasteiger partial charge in [0.2, 0.25) is 0 Å². The van der Waals surface area contributed by atoms with Gasteiger partial charge in [0, 0.05) is 0 Å². The maximum absolute atomic E-state index is 8.70. The summed E-state index contributed by atoms with van der Waals surface area (Å²) in [5.74, 6) is 0. The number of rotatable bonds is 2. The van der Waals surface area contributed by atoms with Crippen molar-refractivity contribution in [3.05, 3.63) is 0 Å². The fraction of sp³-hybridized carbons (Fsp3) is 1.00.